The number of unbranched alkanes of at least 4 members (excludes halogenated alkanes) is 1. The van der Waals surface area contributed by atoms with Crippen molar-refractivity contribution in [2.24, 2.45) is 0 Å². The van der Waals surface area contributed by atoms with E-state index < -0.39 is 0 Å². The molecule has 5 nitrogen and oxygen atoms in total. The summed E-state index contributed by atoms with van der Waals surface area (Å²) >= 11 is 1.80. The van der Waals surface area contributed by atoms with Crippen molar-refractivity contribution in [3.8, 4) is 17.2 Å². The molecule has 0 aliphatic carbocycles. The third kappa shape index (κ3) is 6.34. The molecule has 0 atom stereocenters. The molecule has 208 valence electrons. The molecule has 1 aromatic heterocycles. The predicted molar refractivity (Wildman–Crippen MR) is 167 cm³/mol. The van der Waals surface area contributed by atoms with Gasteiger partial charge < -0.3 is 24.4 Å². The van der Waals surface area contributed by atoms with Gasteiger partial charge in [0.15, 0.2) is 11.5 Å². The van der Waals surface area contributed by atoms with Gasteiger partial charge in [-0.15, -0.1) is 11.3 Å². The summed E-state index contributed by atoms with van der Waals surface area (Å²) in [5, 5.41) is 7.12. The van der Waals surface area contributed by atoms with E-state index in [1.807, 2.05) is 0 Å². The lowest BCUT2D eigenvalue weighted by Gasteiger charge is -2.28. The molecule has 0 saturated heterocycles. The van der Waals surface area contributed by atoms with Crippen LogP contribution in [0.3, 0.4) is 0 Å². The van der Waals surface area contributed by atoms with Crippen LogP contribution in [0.2, 0.25) is 0 Å². The molecule has 4 rings (SSSR count). The number of aryl methyl sites for hydroxylation is 1. The van der Waals surface area contributed by atoms with Gasteiger partial charge in [0, 0.05) is 29.2 Å². The van der Waals surface area contributed by atoms with Crippen molar-refractivity contribution in [3.63, 3.8) is 0 Å². The van der Waals surface area contributed by atoms with E-state index in [1.165, 1.54) is 32.5 Å². The van der Waals surface area contributed by atoms with Crippen LogP contribution in [0.5, 0.6) is 17.2 Å². The normalized spacial score (nSPS) is 11.8. The summed E-state index contributed by atoms with van der Waals surface area (Å²) in [6, 6.07) is 17.5. The molecule has 0 aliphatic heterocycles. The summed E-state index contributed by atoms with van der Waals surface area (Å²) in [6.07, 6.45) is 5.61. The first-order valence-electron chi connectivity index (χ1n) is 13.9. The molecule has 0 radical (unpaired) electrons. The van der Waals surface area contributed by atoms with Crippen LogP contribution in [0.4, 0.5) is 0 Å². The third-order valence-corrected chi connectivity index (χ3v) is 8.42. The van der Waals surface area contributed by atoms with Gasteiger partial charge in [-0.25, -0.2) is 0 Å². The van der Waals surface area contributed by atoms with E-state index in [2.05, 4.69) is 85.6 Å². The first-order valence-corrected chi connectivity index (χ1v) is 14.7. The summed E-state index contributed by atoms with van der Waals surface area (Å²) in [5.41, 5.74) is 3.82. The summed E-state index contributed by atoms with van der Waals surface area (Å²) in [6.45, 7) is 10.5. The maximum Gasteiger partial charge on any atom is 0.204 e. The standard InChI is InChI=1S/C33H42N2O3S/c1-7-13-27(33-23(3)30-29(39-33)21-28(36-4)31(37-5)32(30)38-6)35(19-12-11-18-34-8-2)22-24-16-17-25-14-9-10-15-26(25)20-24/h9-10,13-17,20-21,34H,7-8,11-12,18-19,22H2,1-6H3/b27-13+. The Labute approximate surface area is 237 Å². The molecule has 0 fully saturated rings. The fourth-order valence-electron chi connectivity index (χ4n) is 5.24. The van der Waals surface area contributed by atoms with Crippen LogP contribution in [-0.2, 0) is 6.54 Å². The highest BCUT2D eigenvalue weighted by molar-refractivity contribution is 7.20. The smallest absolute Gasteiger partial charge is 0.204 e. The van der Waals surface area contributed by atoms with Crippen molar-refractivity contribution in [1.82, 2.24) is 10.2 Å². The number of allylic oxidation sites excluding steroid dienone is 1. The third-order valence-electron chi connectivity index (χ3n) is 7.16. The molecule has 0 bridgehead atoms. The van der Waals surface area contributed by atoms with Crippen molar-refractivity contribution < 1.29 is 14.2 Å². The molecule has 0 amide bonds. The zero-order valence-electron chi connectivity index (χ0n) is 24.2. The molecule has 0 unspecified atom stereocenters. The molecule has 0 spiro atoms. The second-order valence-corrected chi connectivity index (χ2v) is 10.8. The van der Waals surface area contributed by atoms with Gasteiger partial charge in [0.25, 0.3) is 0 Å². The topological polar surface area (TPSA) is 43.0 Å². The lowest BCUT2D eigenvalue weighted by molar-refractivity contribution is 0.327. The highest BCUT2D eigenvalue weighted by atomic mass is 32.1. The Kier molecular flexibility index (Phi) is 10.1. The minimum atomic E-state index is 0.636. The van der Waals surface area contributed by atoms with Gasteiger partial charge >= 0.3 is 0 Å². The van der Waals surface area contributed by atoms with Crippen molar-refractivity contribution in [2.45, 2.75) is 46.6 Å². The summed E-state index contributed by atoms with van der Waals surface area (Å²) in [7, 11) is 5.04. The Hall–Kier alpha value is -3.22. The average Bonchev–Trinajstić information content (AvgIpc) is 3.29. The number of hydrogen-bond acceptors (Lipinski definition) is 6. The maximum absolute atomic E-state index is 5.89. The Balaban J connectivity index is 1.78. The van der Waals surface area contributed by atoms with E-state index >= 15 is 0 Å². The van der Waals surface area contributed by atoms with E-state index in [1.54, 1.807) is 32.7 Å². The molecular formula is C33H42N2O3S. The molecule has 1 N–H and O–H groups in total. The minimum Gasteiger partial charge on any atom is -0.493 e. The van der Waals surface area contributed by atoms with Crippen LogP contribution in [0.1, 0.15) is 49.1 Å². The van der Waals surface area contributed by atoms with Crippen LogP contribution in [-0.4, -0.2) is 45.9 Å². The van der Waals surface area contributed by atoms with Crippen LogP contribution in [0.25, 0.3) is 26.6 Å². The zero-order chi connectivity index (χ0) is 27.8. The second kappa shape index (κ2) is 13.7. The Morgan fingerprint density at radius 1 is 0.923 bits per heavy atom. The number of rotatable bonds is 14. The summed E-state index contributed by atoms with van der Waals surface area (Å²) < 4.78 is 18.4. The Morgan fingerprint density at radius 3 is 2.38 bits per heavy atom. The van der Waals surface area contributed by atoms with E-state index in [4.69, 9.17) is 14.2 Å². The number of nitrogens with zero attached hydrogens (tertiary/aromatic N) is 1. The molecule has 0 aliphatic rings. The van der Waals surface area contributed by atoms with E-state index in [0.29, 0.717) is 11.5 Å². The second-order valence-electron chi connectivity index (χ2n) is 9.74. The van der Waals surface area contributed by atoms with Gasteiger partial charge in [0.05, 0.1) is 31.9 Å². The van der Waals surface area contributed by atoms with Crippen LogP contribution in [0, 0.1) is 6.92 Å². The molecule has 1 heterocycles. The Morgan fingerprint density at radius 2 is 1.69 bits per heavy atom. The SMILES string of the molecule is CC/C=C(\c1sc2cc(OC)c(OC)c(OC)c2c1C)N(CCCCNCC)Cc1ccc2ccccc2c1. The zero-order valence-corrected chi connectivity index (χ0v) is 25.0. The van der Waals surface area contributed by atoms with E-state index in [0.717, 1.165) is 61.3 Å². The number of nitrogens with one attached hydrogen (secondary N) is 1. The minimum absolute atomic E-state index is 0.636. The quantitative estimate of drug-likeness (QED) is 0.162. The first kappa shape index (κ1) is 28.8. The number of benzene rings is 3. The lowest BCUT2D eigenvalue weighted by atomic mass is 10.0. The monoisotopic (exact) mass is 546 g/mol. The largest absolute Gasteiger partial charge is 0.493 e. The van der Waals surface area contributed by atoms with Crippen LogP contribution >= 0.6 is 11.3 Å². The lowest BCUT2D eigenvalue weighted by Crippen LogP contribution is -2.24. The van der Waals surface area contributed by atoms with Gasteiger partial charge in [-0.3, -0.25) is 0 Å². The molecule has 0 saturated carbocycles. The number of fused-ring (bicyclic) bond motifs is 2. The maximum atomic E-state index is 5.89. The summed E-state index contributed by atoms with van der Waals surface area (Å²) in [5.74, 6) is 2.05. The van der Waals surface area contributed by atoms with Gasteiger partial charge in [0.2, 0.25) is 5.75 Å². The van der Waals surface area contributed by atoms with Gasteiger partial charge in [-0.2, -0.15) is 0 Å². The molecule has 39 heavy (non-hydrogen) atoms. The van der Waals surface area contributed by atoms with Gasteiger partial charge in [-0.1, -0.05) is 56.3 Å². The molecular weight excluding hydrogens is 504 g/mol. The van der Waals surface area contributed by atoms with E-state index in [-0.39, 0.29) is 0 Å². The fraction of sp³-hybridized carbons (Fsp3) is 0.394. The Bertz CT molecular complexity index is 1430. The molecule has 3 aromatic carbocycles. The van der Waals surface area contributed by atoms with Gasteiger partial charge in [-0.05, 0) is 67.2 Å². The van der Waals surface area contributed by atoms with Crippen LogP contribution < -0.4 is 19.5 Å². The fourth-order valence-corrected chi connectivity index (χ4v) is 6.55. The summed E-state index contributed by atoms with van der Waals surface area (Å²) in [4.78, 5) is 3.84. The van der Waals surface area contributed by atoms with Crippen molar-refractivity contribution >= 4 is 37.9 Å². The number of ether oxygens (including phenoxy) is 3. The molecule has 6 heteroatoms. The predicted octanol–water partition coefficient (Wildman–Crippen LogP) is 8.03. The first-order chi connectivity index (χ1) is 19.1. The highest BCUT2D eigenvalue weighted by Gasteiger charge is 2.24. The average molecular weight is 547 g/mol. The van der Waals surface area contributed by atoms with Crippen molar-refractivity contribution in [1.29, 1.82) is 0 Å². The van der Waals surface area contributed by atoms with Crippen molar-refractivity contribution in [3.05, 3.63) is 70.6 Å². The number of methoxy groups -OCH3 is 3. The van der Waals surface area contributed by atoms with Gasteiger partial charge in [0.1, 0.15) is 0 Å². The van der Waals surface area contributed by atoms with Crippen LogP contribution in [0.15, 0.2) is 54.6 Å². The molecule has 4 aromatic rings. The number of hydrogen-bond donors (Lipinski definition) is 1. The highest BCUT2D eigenvalue weighted by Crippen LogP contribution is 2.49. The van der Waals surface area contributed by atoms with E-state index in [9.17, 15) is 0 Å². The van der Waals surface area contributed by atoms with Crippen molar-refractivity contribution in [2.75, 3.05) is 41.0 Å². The number of thiophene rings is 1.